The Morgan fingerprint density at radius 3 is 2.58 bits per heavy atom. The first-order valence-corrected chi connectivity index (χ1v) is 7.08. The smallest absolute Gasteiger partial charge is 0.122 e. The lowest BCUT2D eigenvalue weighted by Gasteiger charge is -2.18. The minimum absolute atomic E-state index is 0.679. The molecule has 0 fully saturated rings. The van der Waals surface area contributed by atoms with E-state index in [9.17, 15) is 0 Å². The topological polar surface area (TPSA) is 31.7 Å². The van der Waals surface area contributed by atoms with Crippen LogP contribution in [0.25, 0.3) is 0 Å². The summed E-state index contributed by atoms with van der Waals surface area (Å²) >= 11 is 0. The van der Waals surface area contributed by atoms with Gasteiger partial charge in [0.15, 0.2) is 0 Å². The van der Waals surface area contributed by atoms with Crippen LogP contribution in [0.3, 0.4) is 0 Å². The molecule has 1 aromatic heterocycles. The third-order valence-corrected chi connectivity index (χ3v) is 3.05. The molecule has 1 rings (SSSR count). The van der Waals surface area contributed by atoms with E-state index < -0.39 is 0 Å². The van der Waals surface area contributed by atoms with Crippen LogP contribution in [0.15, 0.2) is 16.7 Å². The van der Waals surface area contributed by atoms with Crippen LogP contribution in [-0.4, -0.2) is 50.6 Å². The highest BCUT2D eigenvalue weighted by atomic mass is 16.3. The molecule has 0 saturated carbocycles. The summed E-state index contributed by atoms with van der Waals surface area (Å²) in [5.41, 5.74) is 1.28. The third kappa shape index (κ3) is 6.76. The number of rotatable bonds is 9. The Kier molecular flexibility index (Phi) is 7.13. The van der Waals surface area contributed by atoms with Gasteiger partial charge in [0.2, 0.25) is 0 Å². The molecule has 19 heavy (non-hydrogen) atoms. The molecule has 4 heteroatoms. The first-order valence-electron chi connectivity index (χ1n) is 7.08. The van der Waals surface area contributed by atoms with Crippen LogP contribution < -0.4 is 5.32 Å². The second-order valence-electron chi connectivity index (χ2n) is 5.93. The maximum Gasteiger partial charge on any atom is 0.122 e. The predicted molar refractivity (Wildman–Crippen MR) is 80.1 cm³/mol. The van der Waals surface area contributed by atoms with Crippen LogP contribution in [0.4, 0.5) is 0 Å². The zero-order valence-electron chi connectivity index (χ0n) is 13.1. The first kappa shape index (κ1) is 16.2. The summed E-state index contributed by atoms with van der Waals surface area (Å²) in [7, 11) is 6.33. The lowest BCUT2D eigenvalue weighted by molar-refractivity contribution is 0.257. The van der Waals surface area contributed by atoms with Gasteiger partial charge in [0.05, 0.1) is 12.8 Å². The summed E-state index contributed by atoms with van der Waals surface area (Å²) in [5, 5.41) is 3.46. The fourth-order valence-corrected chi connectivity index (χ4v) is 1.85. The van der Waals surface area contributed by atoms with E-state index in [1.165, 1.54) is 5.56 Å². The highest BCUT2D eigenvalue weighted by molar-refractivity contribution is 5.16. The van der Waals surface area contributed by atoms with Gasteiger partial charge in [-0.05, 0) is 39.7 Å². The van der Waals surface area contributed by atoms with E-state index in [1.807, 2.05) is 0 Å². The number of nitrogens with one attached hydrogen (secondary N) is 1. The quantitative estimate of drug-likeness (QED) is 0.742. The Hall–Kier alpha value is -0.840. The molecule has 1 aromatic rings. The molecule has 4 nitrogen and oxygen atoms in total. The van der Waals surface area contributed by atoms with Crippen LogP contribution in [0.5, 0.6) is 0 Å². The molecular weight excluding hydrogens is 238 g/mol. The predicted octanol–water partition coefficient (Wildman–Crippen LogP) is 2.02. The SMILES string of the molecule is CC(C)CNCc1ccoc1CN(C)CCN(C)C. The first-order chi connectivity index (χ1) is 8.99. The monoisotopic (exact) mass is 267 g/mol. The van der Waals surface area contributed by atoms with Gasteiger partial charge in [-0.3, -0.25) is 4.90 Å². The summed E-state index contributed by atoms with van der Waals surface area (Å²) < 4.78 is 5.60. The standard InChI is InChI=1S/C15H29N3O/c1-13(2)10-16-11-14-6-9-19-15(14)12-18(5)8-7-17(3)4/h6,9,13,16H,7-8,10-12H2,1-5H3. The van der Waals surface area contributed by atoms with Crippen molar-refractivity contribution in [3.8, 4) is 0 Å². The molecule has 0 amide bonds. The Morgan fingerprint density at radius 1 is 1.21 bits per heavy atom. The van der Waals surface area contributed by atoms with Gasteiger partial charge in [-0.2, -0.15) is 0 Å². The van der Waals surface area contributed by atoms with Crippen molar-refractivity contribution in [3.63, 3.8) is 0 Å². The lowest BCUT2D eigenvalue weighted by Crippen LogP contribution is -2.28. The zero-order valence-corrected chi connectivity index (χ0v) is 13.1. The van der Waals surface area contributed by atoms with E-state index in [-0.39, 0.29) is 0 Å². The number of likely N-dealkylation sites (N-methyl/N-ethyl adjacent to an activating group) is 2. The van der Waals surface area contributed by atoms with Crippen LogP contribution in [-0.2, 0) is 13.1 Å². The Labute approximate surface area is 117 Å². The molecule has 1 N–H and O–H groups in total. The van der Waals surface area contributed by atoms with Crippen molar-refractivity contribution >= 4 is 0 Å². The van der Waals surface area contributed by atoms with E-state index in [0.29, 0.717) is 5.92 Å². The highest BCUT2D eigenvalue weighted by Gasteiger charge is 2.09. The van der Waals surface area contributed by atoms with Crippen molar-refractivity contribution in [2.45, 2.75) is 26.9 Å². The number of hydrogen-bond donors (Lipinski definition) is 1. The van der Waals surface area contributed by atoms with Gasteiger partial charge < -0.3 is 14.6 Å². The van der Waals surface area contributed by atoms with Gasteiger partial charge in [-0.1, -0.05) is 13.8 Å². The molecule has 0 aliphatic rings. The molecule has 0 saturated heterocycles. The third-order valence-electron chi connectivity index (χ3n) is 3.05. The molecule has 0 aliphatic carbocycles. The van der Waals surface area contributed by atoms with E-state index in [4.69, 9.17) is 4.42 Å². The molecule has 0 aliphatic heterocycles. The molecule has 110 valence electrons. The molecule has 0 unspecified atom stereocenters. The van der Waals surface area contributed by atoms with Crippen LogP contribution in [0.1, 0.15) is 25.2 Å². The highest BCUT2D eigenvalue weighted by Crippen LogP contribution is 2.12. The van der Waals surface area contributed by atoms with E-state index in [1.54, 1.807) is 6.26 Å². The van der Waals surface area contributed by atoms with Gasteiger partial charge in [-0.15, -0.1) is 0 Å². The number of furan rings is 1. The normalized spacial score (nSPS) is 12.0. The second kappa shape index (κ2) is 8.35. The fraction of sp³-hybridized carbons (Fsp3) is 0.733. The van der Waals surface area contributed by atoms with Gasteiger partial charge in [-0.25, -0.2) is 0 Å². The molecule has 0 atom stereocenters. The molecular formula is C15H29N3O. The fourth-order valence-electron chi connectivity index (χ4n) is 1.85. The van der Waals surface area contributed by atoms with Crippen LogP contribution in [0.2, 0.25) is 0 Å². The van der Waals surface area contributed by atoms with Gasteiger partial charge in [0, 0.05) is 25.2 Å². The van der Waals surface area contributed by atoms with E-state index in [0.717, 1.165) is 38.5 Å². The van der Waals surface area contributed by atoms with Crippen molar-refractivity contribution in [1.29, 1.82) is 0 Å². The molecule has 0 radical (unpaired) electrons. The summed E-state index contributed by atoms with van der Waals surface area (Å²) in [4.78, 5) is 4.49. The van der Waals surface area contributed by atoms with Gasteiger partial charge in [0.1, 0.15) is 5.76 Å². The Balaban J connectivity index is 2.39. The molecule has 1 heterocycles. The number of nitrogens with zero attached hydrogens (tertiary/aromatic N) is 2. The average Bonchev–Trinajstić information content (AvgIpc) is 2.74. The zero-order chi connectivity index (χ0) is 14.3. The van der Waals surface area contributed by atoms with E-state index in [2.05, 4.69) is 56.2 Å². The Bertz CT molecular complexity index is 347. The summed E-state index contributed by atoms with van der Waals surface area (Å²) in [6.45, 7) is 9.37. The van der Waals surface area contributed by atoms with Gasteiger partial charge in [0.25, 0.3) is 0 Å². The number of hydrogen-bond acceptors (Lipinski definition) is 4. The minimum Gasteiger partial charge on any atom is -0.468 e. The lowest BCUT2D eigenvalue weighted by atomic mass is 10.2. The summed E-state index contributed by atoms with van der Waals surface area (Å²) in [6, 6.07) is 2.07. The van der Waals surface area contributed by atoms with Crippen LogP contribution in [0, 0.1) is 5.92 Å². The summed E-state index contributed by atoms with van der Waals surface area (Å²) in [6.07, 6.45) is 1.79. The maximum atomic E-state index is 5.60. The van der Waals surface area contributed by atoms with Crippen molar-refractivity contribution < 1.29 is 4.42 Å². The molecule has 0 aromatic carbocycles. The summed E-state index contributed by atoms with van der Waals surface area (Å²) in [5.74, 6) is 1.76. The largest absolute Gasteiger partial charge is 0.468 e. The minimum atomic E-state index is 0.679. The van der Waals surface area contributed by atoms with E-state index >= 15 is 0 Å². The molecule has 0 bridgehead atoms. The molecule has 0 spiro atoms. The van der Waals surface area contributed by atoms with Crippen molar-refractivity contribution in [3.05, 3.63) is 23.7 Å². The van der Waals surface area contributed by atoms with Crippen molar-refractivity contribution in [1.82, 2.24) is 15.1 Å². The second-order valence-corrected chi connectivity index (χ2v) is 5.93. The van der Waals surface area contributed by atoms with Gasteiger partial charge >= 0.3 is 0 Å². The maximum absolute atomic E-state index is 5.60. The van der Waals surface area contributed by atoms with Crippen LogP contribution >= 0.6 is 0 Å². The Morgan fingerprint density at radius 2 is 1.95 bits per heavy atom. The van der Waals surface area contributed by atoms with Crippen molar-refractivity contribution in [2.24, 2.45) is 5.92 Å². The van der Waals surface area contributed by atoms with Crippen molar-refractivity contribution in [2.75, 3.05) is 40.8 Å². The average molecular weight is 267 g/mol.